The summed E-state index contributed by atoms with van der Waals surface area (Å²) in [6.07, 6.45) is 1.66. The molecule has 0 fully saturated rings. The van der Waals surface area contributed by atoms with Crippen LogP contribution in [0.3, 0.4) is 0 Å². The smallest absolute Gasteiger partial charge is 0.387 e. The monoisotopic (exact) mass is 352 g/mol. The minimum absolute atomic E-state index is 0.0938. The standard InChI is InChI=1S/C19H14F2N4O/c1-12-23-15-4-2-3-5-16(15)25(12)17-10-11-22-18(24-17)13-6-8-14(9-7-13)26-19(20)21/h2-11,19H,1H3. The van der Waals surface area contributed by atoms with Gasteiger partial charge in [0.05, 0.1) is 11.0 Å². The van der Waals surface area contributed by atoms with Gasteiger partial charge in [0, 0.05) is 11.8 Å². The molecule has 0 saturated heterocycles. The number of alkyl halides is 2. The van der Waals surface area contributed by atoms with E-state index < -0.39 is 6.61 Å². The van der Waals surface area contributed by atoms with Crippen molar-refractivity contribution >= 4 is 11.0 Å². The molecule has 0 radical (unpaired) electrons. The van der Waals surface area contributed by atoms with Gasteiger partial charge in [-0.25, -0.2) is 15.0 Å². The molecule has 5 nitrogen and oxygen atoms in total. The third kappa shape index (κ3) is 2.99. The highest BCUT2D eigenvalue weighted by molar-refractivity contribution is 5.77. The summed E-state index contributed by atoms with van der Waals surface area (Å²) < 4.78 is 30.8. The molecule has 0 aliphatic carbocycles. The number of hydrogen-bond donors (Lipinski definition) is 0. The van der Waals surface area contributed by atoms with Crippen LogP contribution in [0.15, 0.2) is 60.8 Å². The SMILES string of the molecule is Cc1nc2ccccc2n1-c1ccnc(-c2ccc(OC(F)F)cc2)n1. The van der Waals surface area contributed by atoms with E-state index in [1.165, 1.54) is 12.1 Å². The Bertz CT molecular complexity index is 1060. The molecular weight excluding hydrogens is 338 g/mol. The summed E-state index contributed by atoms with van der Waals surface area (Å²) in [6.45, 7) is -0.934. The molecule has 2 aromatic heterocycles. The molecule has 0 unspecified atom stereocenters. The second-order valence-corrected chi connectivity index (χ2v) is 5.62. The molecule has 130 valence electrons. The summed E-state index contributed by atoms with van der Waals surface area (Å²) >= 11 is 0. The lowest BCUT2D eigenvalue weighted by Crippen LogP contribution is -2.03. The van der Waals surface area contributed by atoms with Gasteiger partial charge in [-0.05, 0) is 49.4 Å². The number of hydrogen-bond acceptors (Lipinski definition) is 4. The zero-order valence-corrected chi connectivity index (χ0v) is 13.8. The summed E-state index contributed by atoms with van der Waals surface area (Å²) in [7, 11) is 0. The van der Waals surface area contributed by atoms with Crippen molar-refractivity contribution in [2.45, 2.75) is 13.5 Å². The molecule has 0 atom stereocenters. The molecule has 0 aliphatic heterocycles. The Morgan fingerprint density at radius 2 is 1.73 bits per heavy atom. The molecule has 2 aromatic carbocycles. The normalized spacial score (nSPS) is 11.2. The van der Waals surface area contributed by atoms with Gasteiger partial charge in [0.25, 0.3) is 0 Å². The molecule has 0 N–H and O–H groups in total. The summed E-state index contributed by atoms with van der Waals surface area (Å²) in [5, 5.41) is 0. The fourth-order valence-electron chi connectivity index (χ4n) is 2.83. The van der Waals surface area contributed by atoms with Crippen molar-refractivity contribution in [3.8, 4) is 23.0 Å². The average molecular weight is 352 g/mol. The second-order valence-electron chi connectivity index (χ2n) is 5.62. The van der Waals surface area contributed by atoms with Crippen LogP contribution in [-0.4, -0.2) is 26.1 Å². The molecule has 0 saturated carbocycles. The Morgan fingerprint density at radius 3 is 2.50 bits per heavy atom. The second kappa shape index (κ2) is 6.51. The molecule has 7 heteroatoms. The first kappa shape index (κ1) is 16.1. The van der Waals surface area contributed by atoms with Crippen LogP contribution in [0, 0.1) is 6.92 Å². The third-order valence-electron chi connectivity index (χ3n) is 3.94. The molecule has 0 aliphatic rings. The van der Waals surface area contributed by atoms with Crippen LogP contribution in [0.4, 0.5) is 8.78 Å². The zero-order chi connectivity index (χ0) is 18.1. The Kier molecular flexibility index (Phi) is 4.04. The van der Waals surface area contributed by atoms with Gasteiger partial charge in [0.1, 0.15) is 17.4 Å². The molecule has 2 heterocycles. The Morgan fingerprint density at radius 1 is 0.962 bits per heavy atom. The van der Waals surface area contributed by atoms with E-state index in [4.69, 9.17) is 0 Å². The first-order valence-corrected chi connectivity index (χ1v) is 7.94. The maximum atomic E-state index is 12.3. The predicted molar refractivity (Wildman–Crippen MR) is 93.5 cm³/mol. The van der Waals surface area contributed by atoms with Crippen molar-refractivity contribution in [3.63, 3.8) is 0 Å². The minimum Gasteiger partial charge on any atom is -0.435 e. The van der Waals surface area contributed by atoms with Gasteiger partial charge in [-0.3, -0.25) is 4.57 Å². The van der Waals surface area contributed by atoms with E-state index in [0.29, 0.717) is 17.2 Å². The number of fused-ring (bicyclic) bond motifs is 1. The lowest BCUT2D eigenvalue weighted by Gasteiger charge is -2.08. The van der Waals surface area contributed by atoms with Gasteiger partial charge < -0.3 is 4.74 Å². The van der Waals surface area contributed by atoms with Crippen LogP contribution >= 0.6 is 0 Å². The van der Waals surface area contributed by atoms with E-state index in [1.54, 1.807) is 24.4 Å². The minimum atomic E-state index is -2.85. The number of nitrogens with zero attached hydrogens (tertiary/aromatic N) is 4. The Balaban J connectivity index is 1.74. The summed E-state index contributed by atoms with van der Waals surface area (Å²) in [5.74, 6) is 2.09. The molecule has 0 spiro atoms. The topological polar surface area (TPSA) is 52.8 Å². The fourth-order valence-corrected chi connectivity index (χ4v) is 2.83. The average Bonchev–Trinajstić information content (AvgIpc) is 2.97. The first-order valence-electron chi connectivity index (χ1n) is 7.94. The molecule has 26 heavy (non-hydrogen) atoms. The number of imidazole rings is 1. The van der Waals surface area contributed by atoms with Gasteiger partial charge in [-0.1, -0.05) is 12.1 Å². The number of aryl methyl sites for hydroxylation is 1. The van der Waals surface area contributed by atoms with Crippen molar-refractivity contribution in [1.82, 2.24) is 19.5 Å². The van der Waals surface area contributed by atoms with Crippen molar-refractivity contribution < 1.29 is 13.5 Å². The van der Waals surface area contributed by atoms with Gasteiger partial charge in [-0.2, -0.15) is 8.78 Å². The highest BCUT2D eigenvalue weighted by Gasteiger charge is 2.12. The van der Waals surface area contributed by atoms with Crippen LogP contribution in [0.2, 0.25) is 0 Å². The van der Waals surface area contributed by atoms with Crippen LogP contribution in [-0.2, 0) is 0 Å². The predicted octanol–water partition coefficient (Wildman–Crippen LogP) is 4.39. The van der Waals surface area contributed by atoms with Gasteiger partial charge in [-0.15, -0.1) is 0 Å². The number of ether oxygens (including phenoxy) is 1. The summed E-state index contributed by atoms with van der Waals surface area (Å²) in [4.78, 5) is 13.4. The molecule has 0 bridgehead atoms. The Labute approximate surface area is 147 Å². The van der Waals surface area contributed by atoms with Gasteiger partial charge in [0.15, 0.2) is 5.82 Å². The van der Waals surface area contributed by atoms with Crippen molar-refractivity contribution in [3.05, 3.63) is 66.6 Å². The van der Waals surface area contributed by atoms with Crippen LogP contribution in [0.1, 0.15) is 5.82 Å². The van der Waals surface area contributed by atoms with Gasteiger partial charge in [0.2, 0.25) is 0 Å². The van der Waals surface area contributed by atoms with Crippen LogP contribution < -0.4 is 4.74 Å². The zero-order valence-electron chi connectivity index (χ0n) is 13.8. The van der Waals surface area contributed by atoms with E-state index in [-0.39, 0.29) is 5.75 Å². The number of rotatable bonds is 4. The van der Waals surface area contributed by atoms with Crippen molar-refractivity contribution in [2.24, 2.45) is 0 Å². The number of benzene rings is 2. The summed E-state index contributed by atoms with van der Waals surface area (Å²) in [5.41, 5.74) is 2.55. The third-order valence-corrected chi connectivity index (χ3v) is 3.94. The Hall–Kier alpha value is -3.35. The van der Waals surface area contributed by atoms with E-state index in [9.17, 15) is 8.78 Å². The van der Waals surface area contributed by atoms with Crippen molar-refractivity contribution in [1.29, 1.82) is 0 Å². The molecule has 4 rings (SSSR count). The fraction of sp³-hybridized carbons (Fsp3) is 0.105. The maximum Gasteiger partial charge on any atom is 0.387 e. The van der Waals surface area contributed by atoms with Crippen molar-refractivity contribution in [2.75, 3.05) is 0 Å². The quantitative estimate of drug-likeness (QED) is 0.546. The highest BCUT2D eigenvalue weighted by atomic mass is 19.3. The summed E-state index contributed by atoms with van der Waals surface area (Å²) in [6, 6.07) is 15.8. The van der Waals surface area contributed by atoms with Gasteiger partial charge >= 0.3 is 6.61 Å². The van der Waals surface area contributed by atoms with Crippen LogP contribution in [0.25, 0.3) is 28.2 Å². The van der Waals surface area contributed by atoms with E-state index in [2.05, 4.69) is 19.7 Å². The first-order chi connectivity index (χ1) is 12.6. The lowest BCUT2D eigenvalue weighted by atomic mass is 10.2. The van der Waals surface area contributed by atoms with E-state index in [0.717, 1.165) is 16.9 Å². The molecule has 4 aromatic rings. The lowest BCUT2D eigenvalue weighted by molar-refractivity contribution is -0.0498. The van der Waals surface area contributed by atoms with Crippen LogP contribution in [0.5, 0.6) is 5.75 Å². The number of para-hydroxylation sites is 2. The highest BCUT2D eigenvalue weighted by Crippen LogP contribution is 2.23. The van der Waals surface area contributed by atoms with E-state index >= 15 is 0 Å². The number of aromatic nitrogens is 4. The van der Waals surface area contributed by atoms with E-state index in [1.807, 2.05) is 35.8 Å². The number of halogens is 2. The molecule has 0 amide bonds. The largest absolute Gasteiger partial charge is 0.435 e. The molecular formula is C19H14F2N4O. The maximum absolute atomic E-state index is 12.3.